The maximum absolute atomic E-state index is 12.7. The summed E-state index contributed by atoms with van der Waals surface area (Å²) < 4.78 is 3.83. The maximum atomic E-state index is 12.7. The molecule has 112 valence electrons. The lowest BCUT2D eigenvalue weighted by molar-refractivity contribution is 0.620. The standard InChI is InChI=1S/C17H23N3O/c1-11(2)7-14-8-12(3)10-19(17(14)21)16-9-18-20(13(16)4)15-5-6-15/h8-11,15H,5-7H2,1-4H3. The van der Waals surface area contributed by atoms with E-state index in [1.807, 2.05) is 25.4 Å². The average molecular weight is 285 g/mol. The zero-order valence-corrected chi connectivity index (χ0v) is 13.3. The molecule has 0 radical (unpaired) electrons. The van der Waals surface area contributed by atoms with E-state index in [2.05, 4.69) is 30.6 Å². The van der Waals surface area contributed by atoms with Crippen LogP contribution in [0.2, 0.25) is 0 Å². The lowest BCUT2D eigenvalue weighted by atomic mass is 10.0. The Morgan fingerprint density at radius 1 is 1.33 bits per heavy atom. The van der Waals surface area contributed by atoms with Crippen LogP contribution in [0.5, 0.6) is 0 Å². The van der Waals surface area contributed by atoms with Crippen molar-refractivity contribution in [3.05, 3.63) is 45.6 Å². The van der Waals surface area contributed by atoms with Gasteiger partial charge in [0.05, 0.1) is 23.6 Å². The molecule has 2 aromatic heterocycles. The number of pyridine rings is 1. The third kappa shape index (κ3) is 2.67. The average Bonchev–Trinajstić information content (AvgIpc) is 3.17. The second-order valence-corrected chi connectivity index (χ2v) is 6.61. The lowest BCUT2D eigenvalue weighted by Crippen LogP contribution is -2.23. The Kier molecular flexibility index (Phi) is 3.47. The topological polar surface area (TPSA) is 39.8 Å². The first kappa shape index (κ1) is 14.1. The normalized spacial score (nSPS) is 14.9. The van der Waals surface area contributed by atoms with E-state index in [0.29, 0.717) is 12.0 Å². The number of aromatic nitrogens is 3. The van der Waals surface area contributed by atoms with E-state index in [-0.39, 0.29) is 5.56 Å². The molecule has 3 rings (SSSR count). The summed E-state index contributed by atoms with van der Waals surface area (Å²) in [5.41, 5.74) is 4.10. The summed E-state index contributed by atoms with van der Waals surface area (Å²) >= 11 is 0. The molecule has 0 N–H and O–H groups in total. The highest BCUT2D eigenvalue weighted by Crippen LogP contribution is 2.36. The van der Waals surface area contributed by atoms with Gasteiger partial charge in [-0.3, -0.25) is 14.0 Å². The highest BCUT2D eigenvalue weighted by Gasteiger charge is 2.27. The lowest BCUT2D eigenvalue weighted by Gasteiger charge is -2.11. The summed E-state index contributed by atoms with van der Waals surface area (Å²) in [5.74, 6) is 0.475. The highest BCUT2D eigenvalue weighted by atomic mass is 16.1. The van der Waals surface area contributed by atoms with Gasteiger partial charge in [0.2, 0.25) is 0 Å². The molecule has 0 spiro atoms. The zero-order chi connectivity index (χ0) is 15.1. The quantitative estimate of drug-likeness (QED) is 0.865. The van der Waals surface area contributed by atoms with Crippen LogP contribution in [0.4, 0.5) is 0 Å². The molecule has 0 aromatic carbocycles. The fourth-order valence-corrected chi connectivity index (χ4v) is 2.89. The van der Waals surface area contributed by atoms with E-state index >= 15 is 0 Å². The summed E-state index contributed by atoms with van der Waals surface area (Å²) in [6.07, 6.45) is 6.96. The van der Waals surface area contributed by atoms with Crippen molar-refractivity contribution < 1.29 is 0 Å². The molecule has 2 aromatic rings. The first-order valence-electron chi connectivity index (χ1n) is 7.74. The number of hydrogen-bond donors (Lipinski definition) is 0. The van der Waals surface area contributed by atoms with Gasteiger partial charge in [-0.05, 0) is 50.7 Å². The van der Waals surface area contributed by atoms with Crippen LogP contribution in [0.3, 0.4) is 0 Å². The number of hydrogen-bond acceptors (Lipinski definition) is 2. The summed E-state index contributed by atoms with van der Waals surface area (Å²) in [4.78, 5) is 12.7. The van der Waals surface area contributed by atoms with E-state index in [9.17, 15) is 4.79 Å². The van der Waals surface area contributed by atoms with E-state index in [0.717, 1.165) is 28.9 Å². The molecule has 0 amide bonds. The first-order valence-corrected chi connectivity index (χ1v) is 7.74. The summed E-state index contributed by atoms with van der Waals surface area (Å²) in [6.45, 7) is 8.38. The van der Waals surface area contributed by atoms with Gasteiger partial charge in [0.15, 0.2) is 0 Å². The van der Waals surface area contributed by atoms with Gasteiger partial charge in [-0.15, -0.1) is 0 Å². The molecule has 1 aliphatic carbocycles. The van der Waals surface area contributed by atoms with Crippen LogP contribution in [0.1, 0.15) is 49.6 Å². The van der Waals surface area contributed by atoms with Gasteiger partial charge in [0, 0.05) is 11.8 Å². The maximum Gasteiger partial charge on any atom is 0.258 e. The van der Waals surface area contributed by atoms with Gasteiger partial charge in [-0.25, -0.2) is 0 Å². The fourth-order valence-electron chi connectivity index (χ4n) is 2.89. The Morgan fingerprint density at radius 2 is 2.05 bits per heavy atom. The molecule has 0 bridgehead atoms. The van der Waals surface area contributed by atoms with Crippen molar-refractivity contribution >= 4 is 0 Å². The van der Waals surface area contributed by atoms with Crippen LogP contribution in [0, 0.1) is 19.8 Å². The Balaban J connectivity index is 2.09. The van der Waals surface area contributed by atoms with Gasteiger partial charge in [-0.1, -0.05) is 13.8 Å². The Morgan fingerprint density at radius 3 is 2.67 bits per heavy atom. The van der Waals surface area contributed by atoms with Crippen LogP contribution in [-0.4, -0.2) is 14.3 Å². The smallest absolute Gasteiger partial charge is 0.258 e. The molecule has 1 fully saturated rings. The fraction of sp³-hybridized carbons (Fsp3) is 0.529. The molecule has 1 aliphatic rings. The Hall–Kier alpha value is -1.84. The van der Waals surface area contributed by atoms with Gasteiger partial charge in [-0.2, -0.15) is 5.10 Å². The molecule has 0 saturated heterocycles. The Labute approximate surface area is 125 Å². The summed E-state index contributed by atoms with van der Waals surface area (Å²) in [5, 5.41) is 4.47. The second kappa shape index (κ2) is 5.17. The van der Waals surface area contributed by atoms with Crippen molar-refractivity contribution in [3.63, 3.8) is 0 Å². The van der Waals surface area contributed by atoms with Crippen LogP contribution >= 0.6 is 0 Å². The molecule has 0 unspecified atom stereocenters. The highest BCUT2D eigenvalue weighted by molar-refractivity contribution is 5.37. The molecule has 0 atom stereocenters. The predicted octanol–water partition coefficient (Wildman–Crippen LogP) is 3.18. The van der Waals surface area contributed by atoms with Crippen molar-refractivity contribution in [1.82, 2.24) is 14.3 Å². The summed E-state index contributed by atoms with van der Waals surface area (Å²) in [6, 6.07) is 2.55. The Bertz CT molecular complexity index is 720. The van der Waals surface area contributed by atoms with E-state index < -0.39 is 0 Å². The first-order chi connectivity index (χ1) is 9.97. The number of rotatable bonds is 4. The SMILES string of the molecule is Cc1cc(CC(C)C)c(=O)n(-c2cnn(C3CC3)c2C)c1. The van der Waals surface area contributed by atoms with Crippen LogP contribution in [-0.2, 0) is 6.42 Å². The molecule has 21 heavy (non-hydrogen) atoms. The van der Waals surface area contributed by atoms with Crippen molar-refractivity contribution in [2.75, 3.05) is 0 Å². The molecule has 4 nitrogen and oxygen atoms in total. The van der Waals surface area contributed by atoms with E-state index in [1.165, 1.54) is 12.8 Å². The number of aryl methyl sites for hydroxylation is 1. The molecular formula is C17H23N3O. The van der Waals surface area contributed by atoms with E-state index in [1.54, 1.807) is 4.57 Å². The van der Waals surface area contributed by atoms with Gasteiger partial charge >= 0.3 is 0 Å². The molecule has 2 heterocycles. The van der Waals surface area contributed by atoms with Gasteiger partial charge < -0.3 is 0 Å². The van der Waals surface area contributed by atoms with Crippen LogP contribution in [0.15, 0.2) is 23.3 Å². The minimum Gasteiger partial charge on any atom is -0.280 e. The molecular weight excluding hydrogens is 262 g/mol. The molecule has 0 aliphatic heterocycles. The van der Waals surface area contributed by atoms with Crippen molar-refractivity contribution in [1.29, 1.82) is 0 Å². The second-order valence-electron chi connectivity index (χ2n) is 6.61. The predicted molar refractivity (Wildman–Crippen MR) is 84.1 cm³/mol. The largest absolute Gasteiger partial charge is 0.280 e. The minimum absolute atomic E-state index is 0.0905. The minimum atomic E-state index is 0.0905. The van der Waals surface area contributed by atoms with Crippen LogP contribution in [0.25, 0.3) is 5.69 Å². The molecule has 4 heteroatoms. The third-order valence-electron chi connectivity index (χ3n) is 4.03. The van der Waals surface area contributed by atoms with E-state index in [4.69, 9.17) is 0 Å². The third-order valence-corrected chi connectivity index (χ3v) is 4.03. The van der Waals surface area contributed by atoms with Gasteiger partial charge in [0.25, 0.3) is 5.56 Å². The van der Waals surface area contributed by atoms with Crippen molar-refractivity contribution in [3.8, 4) is 5.69 Å². The molecule has 1 saturated carbocycles. The van der Waals surface area contributed by atoms with Crippen molar-refractivity contribution in [2.45, 2.75) is 53.0 Å². The monoisotopic (exact) mass is 285 g/mol. The van der Waals surface area contributed by atoms with Gasteiger partial charge in [0.1, 0.15) is 0 Å². The van der Waals surface area contributed by atoms with Crippen LogP contribution < -0.4 is 5.56 Å². The summed E-state index contributed by atoms with van der Waals surface area (Å²) in [7, 11) is 0. The zero-order valence-electron chi connectivity index (χ0n) is 13.3. The van der Waals surface area contributed by atoms with Crippen molar-refractivity contribution in [2.24, 2.45) is 5.92 Å². The number of nitrogens with zero attached hydrogens (tertiary/aromatic N) is 3.